The fourth-order valence-corrected chi connectivity index (χ4v) is 2.67. The van der Waals surface area contributed by atoms with Crippen molar-refractivity contribution in [2.75, 3.05) is 21.2 Å². The molecule has 0 bridgehead atoms. The van der Waals surface area contributed by atoms with Crippen molar-refractivity contribution in [3.8, 4) is 5.88 Å². The molecule has 0 radical (unpaired) electrons. The first-order valence-corrected chi connectivity index (χ1v) is 8.08. The predicted octanol–water partition coefficient (Wildman–Crippen LogP) is 3.68. The van der Waals surface area contributed by atoms with E-state index in [1.807, 2.05) is 37.4 Å². The van der Waals surface area contributed by atoms with Crippen LogP contribution in [-0.4, -0.2) is 37.0 Å². The Bertz CT molecular complexity index is 681. The Labute approximate surface area is 168 Å². The summed E-state index contributed by atoms with van der Waals surface area (Å²) in [4.78, 5) is 10.6. The number of rotatable bonds is 5. The highest BCUT2D eigenvalue weighted by Crippen LogP contribution is 2.17. The molecular formula is C17H22BrIN4O. The van der Waals surface area contributed by atoms with Crippen LogP contribution in [0.3, 0.4) is 0 Å². The third kappa shape index (κ3) is 5.62. The van der Waals surface area contributed by atoms with Crippen LogP contribution in [0.15, 0.2) is 52.1 Å². The molecule has 130 valence electrons. The number of nitrogens with zero attached hydrogens (tertiary/aromatic N) is 3. The van der Waals surface area contributed by atoms with E-state index in [-0.39, 0.29) is 24.0 Å². The number of ether oxygens (including phenoxy) is 1. The summed E-state index contributed by atoms with van der Waals surface area (Å²) in [6, 6.07) is 12.1. The van der Waals surface area contributed by atoms with E-state index < -0.39 is 0 Å². The molecule has 2 aromatic rings. The smallest absolute Gasteiger partial charge is 0.218 e. The Morgan fingerprint density at radius 1 is 1.25 bits per heavy atom. The zero-order valence-electron chi connectivity index (χ0n) is 14.0. The molecule has 1 aromatic heterocycles. The molecule has 5 nitrogen and oxygen atoms in total. The van der Waals surface area contributed by atoms with Crippen molar-refractivity contribution in [2.45, 2.75) is 13.1 Å². The van der Waals surface area contributed by atoms with Crippen LogP contribution in [0.2, 0.25) is 0 Å². The van der Waals surface area contributed by atoms with Crippen LogP contribution < -0.4 is 10.1 Å². The van der Waals surface area contributed by atoms with Crippen LogP contribution in [0.25, 0.3) is 0 Å². The first-order valence-electron chi connectivity index (χ1n) is 7.28. The third-order valence-corrected chi connectivity index (χ3v) is 4.19. The molecule has 1 N–H and O–H groups in total. The number of nitrogens with one attached hydrogen (secondary N) is 1. The van der Waals surface area contributed by atoms with Gasteiger partial charge in [-0.15, -0.1) is 24.0 Å². The Morgan fingerprint density at radius 2 is 1.96 bits per heavy atom. The number of methoxy groups -OCH3 is 1. The van der Waals surface area contributed by atoms with Gasteiger partial charge in [0.25, 0.3) is 0 Å². The lowest BCUT2D eigenvalue weighted by Crippen LogP contribution is -2.38. The van der Waals surface area contributed by atoms with Crippen LogP contribution in [0.5, 0.6) is 5.88 Å². The first kappa shape index (κ1) is 20.7. The maximum atomic E-state index is 5.27. The summed E-state index contributed by atoms with van der Waals surface area (Å²) in [7, 11) is 5.41. The van der Waals surface area contributed by atoms with Crippen molar-refractivity contribution in [3.05, 3.63) is 58.2 Å². The summed E-state index contributed by atoms with van der Waals surface area (Å²) in [5.74, 6) is 1.44. The van der Waals surface area contributed by atoms with Gasteiger partial charge in [-0.3, -0.25) is 4.99 Å². The van der Waals surface area contributed by atoms with E-state index in [1.54, 1.807) is 20.4 Å². The second-order valence-electron chi connectivity index (χ2n) is 5.02. The largest absolute Gasteiger partial charge is 0.481 e. The van der Waals surface area contributed by atoms with E-state index in [1.165, 1.54) is 5.56 Å². The molecule has 0 atom stereocenters. The minimum Gasteiger partial charge on any atom is -0.481 e. The van der Waals surface area contributed by atoms with E-state index in [0.717, 1.165) is 22.5 Å². The molecule has 1 aromatic carbocycles. The summed E-state index contributed by atoms with van der Waals surface area (Å²) >= 11 is 3.58. The lowest BCUT2D eigenvalue weighted by molar-refractivity contribution is 0.391. The number of guanidine groups is 1. The molecule has 2 rings (SSSR count). The lowest BCUT2D eigenvalue weighted by Gasteiger charge is -2.23. The molecule has 24 heavy (non-hydrogen) atoms. The molecule has 0 aliphatic rings. The van der Waals surface area contributed by atoms with Gasteiger partial charge in [0.15, 0.2) is 5.96 Å². The molecule has 0 fully saturated rings. The van der Waals surface area contributed by atoms with Crippen molar-refractivity contribution in [1.29, 1.82) is 0 Å². The second kappa shape index (κ2) is 10.5. The van der Waals surface area contributed by atoms with Gasteiger partial charge in [-0.05, 0) is 17.7 Å². The average molecular weight is 505 g/mol. The molecule has 0 aliphatic carbocycles. The number of aromatic nitrogens is 1. The molecule has 7 heteroatoms. The van der Waals surface area contributed by atoms with Crippen molar-refractivity contribution in [2.24, 2.45) is 4.99 Å². The number of hydrogen-bond donors (Lipinski definition) is 1. The van der Waals surface area contributed by atoms with E-state index in [2.05, 4.69) is 42.2 Å². The summed E-state index contributed by atoms with van der Waals surface area (Å²) in [6.45, 7) is 1.36. The van der Waals surface area contributed by atoms with E-state index in [0.29, 0.717) is 12.4 Å². The highest BCUT2D eigenvalue weighted by atomic mass is 127. The van der Waals surface area contributed by atoms with Crippen LogP contribution in [-0.2, 0) is 13.1 Å². The Kier molecular flexibility index (Phi) is 9.05. The van der Waals surface area contributed by atoms with Gasteiger partial charge < -0.3 is 15.0 Å². The molecule has 0 aliphatic heterocycles. The van der Waals surface area contributed by atoms with Crippen molar-refractivity contribution >= 4 is 45.9 Å². The molecule has 0 amide bonds. The topological polar surface area (TPSA) is 49.8 Å². The van der Waals surface area contributed by atoms with Gasteiger partial charge in [0.05, 0.1) is 7.11 Å². The van der Waals surface area contributed by atoms with Gasteiger partial charge in [0.1, 0.15) is 0 Å². The van der Waals surface area contributed by atoms with Crippen LogP contribution in [0.1, 0.15) is 11.1 Å². The van der Waals surface area contributed by atoms with Crippen LogP contribution >= 0.6 is 39.9 Å². The van der Waals surface area contributed by atoms with Gasteiger partial charge in [-0.2, -0.15) is 0 Å². The number of aliphatic imine (C=N–C) groups is 1. The minimum absolute atomic E-state index is 0. The highest BCUT2D eigenvalue weighted by molar-refractivity contribution is 14.0. The summed E-state index contributed by atoms with van der Waals surface area (Å²) in [5, 5.41) is 3.34. The quantitative estimate of drug-likeness (QED) is 0.383. The molecule has 0 unspecified atom stereocenters. The van der Waals surface area contributed by atoms with Gasteiger partial charge in [-0.25, -0.2) is 4.98 Å². The molecule has 1 heterocycles. The fraction of sp³-hybridized carbons (Fsp3) is 0.294. The van der Waals surface area contributed by atoms with Gasteiger partial charge in [0, 0.05) is 43.4 Å². The monoisotopic (exact) mass is 504 g/mol. The maximum absolute atomic E-state index is 5.27. The van der Waals surface area contributed by atoms with E-state index in [4.69, 9.17) is 4.74 Å². The van der Waals surface area contributed by atoms with Crippen molar-refractivity contribution in [3.63, 3.8) is 0 Å². The first-order chi connectivity index (χ1) is 11.2. The second-order valence-corrected chi connectivity index (χ2v) is 5.87. The summed E-state index contributed by atoms with van der Waals surface area (Å²) in [5.41, 5.74) is 2.20. The van der Waals surface area contributed by atoms with E-state index in [9.17, 15) is 0 Å². The third-order valence-electron chi connectivity index (χ3n) is 3.42. The zero-order valence-corrected chi connectivity index (χ0v) is 17.9. The Hall–Kier alpha value is -1.35. The number of halogens is 2. The standard InChI is InChI=1S/C17H21BrN4O.HI/c1-19-17(21-11-13-8-6-10-20-16(13)23-3)22(2)12-14-7-4-5-9-15(14)18;/h4-10H,11-12H2,1-3H3,(H,19,21);1H. The Morgan fingerprint density at radius 3 is 2.62 bits per heavy atom. The zero-order chi connectivity index (χ0) is 16.7. The highest BCUT2D eigenvalue weighted by Gasteiger charge is 2.10. The SMILES string of the molecule is CN=C(NCc1cccnc1OC)N(C)Cc1ccccc1Br.I. The average Bonchev–Trinajstić information content (AvgIpc) is 2.58. The van der Waals surface area contributed by atoms with Crippen LogP contribution in [0.4, 0.5) is 0 Å². The maximum Gasteiger partial charge on any atom is 0.218 e. The molecule has 0 spiro atoms. The van der Waals surface area contributed by atoms with Gasteiger partial charge in [0.2, 0.25) is 5.88 Å². The number of pyridine rings is 1. The van der Waals surface area contributed by atoms with Crippen molar-refractivity contribution < 1.29 is 4.74 Å². The summed E-state index contributed by atoms with van der Waals surface area (Å²) < 4.78 is 6.37. The van der Waals surface area contributed by atoms with E-state index >= 15 is 0 Å². The molecule has 0 saturated heterocycles. The Balaban J connectivity index is 0.00000288. The summed E-state index contributed by atoms with van der Waals surface area (Å²) in [6.07, 6.45) is 1.72. The molecule has 0 saturated carbocycles. The predicted molar refractivity (Wildman–Crippen MR) is 112 cm³/mol. The van der Waals surface area contributed by atoms with Crippen LogP contribution in [0, 0.1) is 0 Å². The van der Waals surface area contributed by atoms with Gasteiger partial charge >= 0.3 is 0 Å². The lowest BCUT2D eigenvalue weighted by atomic mass is 10.2. The number of hydrogen-bond acceptors (Lipinski definition) is 3. The number of benzene rings is 1. The van der Waals surface area contributed by atoms with Gasteiger partial charge in [-0.1, -0.05) is 40.2 Å². The minimum atomic E-state index is 0. The fourth-order valence-electron chi connectivity index (χ4n) is 2.26. The van der Waals surface area contributed by atoms with Crippen molar-refractivity contribution in [1.82, 2.24) is 15.2 Å². The molecular weight excluding hydrogens is 483 g/mol. The normalized spacial score (nSPS) is 10.8.